The predicted octanol–water partition coefficient (Wildman–Crippen LogP) is 5.64. The lowest BCUT2D eigenvalue weighted by Crippen LogP contribution is -2.35. The molecule has 110 valence electrons. The molecule has 2 aliphatic rings. The van der Waals surface area contributed by atoms with Gasteiger partial charge in [0.05, 0.1) is 0 Å². The van der Waals surface area contributed by atoms with Gasteiger partial charge >= 0.3 is 0 Å². The Labute approximate surface area is 127 Å². The lowest BCUT2D eigenvalue weighted by atomic mass is 10.00. The van der Waals surface area contributed by atoms with E-state index < -0.39 is 0 Å². The summed E-state index contributed by atoms with van der Waals surface area (Å²) in [7, 11) is 0.531. The van der Waals surface area contributed by atoms with Crippen molar-refractivity contribution in [2.24, 2.45) is 0 Å². The van der Waals surface area contributed by atoms with E-state index in [4.69, 9.17) is 0 Å². The summed E-state index contributed by atoms with van der Waals surface area (Å²) >= 11 is 0. The van der Waals surface area contributed by atoms with Crippen LogP contribution in [0.4, 0.5) is 0 Å². The maximum absolute atomic E-state index is 2.45. The minimum absolute atomic E-state index is 0.531. The van der Waals surface area contributed by atoms with Crippen molar-refractivity contribution >= 4 is 10.9 Å². The molecule has 2 aliphatic carbocycles. The van der Waals surface area contributed by atoms with Crippen molar-refractivity contribution in [3.8, 4) is 0 Å². The van der Waals surface area contributed by atoms with E-state index in [1.54, 1.807) is 4.90 Å². The molecule has 1 heteroatoms. The molecule has 0 unspecified atom stereocenters. The Morgan fingerprint density at radius 3 is 1.60 bits per heavy atom. The predicted molar refractivity (Wildman–Crippen MR) is 90.6 cm³/mol. The van der Waals surface area contributed by atoms with Crippen molar-refractivity contribution < 1.29 is 0 Å². The van der Waals surface area contributed by atoms with Gasteiger partial charge in [0.1, 0.15) is 10.5 Å². The van der Waals surface area contributed by atoms with Gasteiger partial charge in [-0.3, -0.25) is 0 Å². The fourth-order valence-corrected chi connectivity index (χ4v) is 7.44. The van der Waals surface area contributed by atoms with Gasteiger partial charge in [0, 0.05) is 10.9 Å². The average Bonchev–Trinajstić information content (AvgIpc) is 2.52. The molecule has 0 nitrogen and oxygen atoms in total. The lowest BCUT2D eigenvalue weighted by Gasteiger charge is -2.30. The second-order valence-corrected chi connectivity index (χ2v) is 9.25. The molecule has 0 bridgehead atoms. The minimum Gasteiger partial charge on any atom is -0.0543 e. The van der Waals surface area contributed by atoms with Crippen molar-refractivity contribution in [2.75, 3.05) is 0 Å². The Kier molecular flexibility index (Phi) is 5.09. The van der Waals surface area contributed by atoms with Gasteiger partial charge in [-0.25, -0.2) is 0 Å². The van der Waals surface area contributed by atoms with Crippen LogP contribution in [0.1, 0.15) is 69.8 Å². The van der Waals surface area contributed by atoms with Gasteiger partial charge in [-0.15, -0.1) is 0 Å². The van der Waals surface area contributed by atoms with E-state index in [1.807, 2.05) is 0 Å². The zero-order valence-electron chi connectivity index (χ0n) is 12.9. The molecule has 2 saturated carbocycles. The summed E-state index contributed by atoms with van der Waals surface area (Å²) in [5.41, 5.74) is 1.41. The van der Waals surface area contributed by atoms with Crippen molar-refractivity contribution in [3.63, 3.8) is 0 Å². The molecular formula is C19H29S+. The van der Waals surface area contributed by atoms with Gasteiger partial charge in [-0.2, -0.15) is 0 Å². The number of hydrogen-bond acceptors (Lipinski definition) is 0. The van der Waals surface area contributed by atoms with Crippen LogP contribution in [0.5, 0.6) is 0 Å². The Balaban J connectivity index is 1.83. The molecule has 0 spiro atoms. The molecule has 0 aliphatic heterocycles. The molecule has 0 heterocycles. The van der Waals surface area contributed by atoms with E-state index in [0.29, 0.717) is 10.9 Å². The fourth-order valence-electron chi connectivity index (χ4n) is 3.99. The van der Waals surface area contributed by atoms with Crippen molar-refractivity contribution in [1.82, 2.24) is 0 Å². The van der Waals surface area contributed by atoms with Crippen LogP contribution in [-0.4, -0.2) is 10.5 Å². The molecule has 1 aromatic carbocycles. The van der Waals surface area contributed by atoms with Gasteiger partial charge in [-0.05, 0) is 70.4 Å². The Hall–Kier alpha value is -0.430. The van der Waals surface area contributed by atoms with Crippen LogP contribution in [0.25, 0.3) is 0 Å². The van der Waals surface area contributed by atoms with E-state index in [0.717, 1.165) is 10.5 Å². The quantitative estimate of drug-likeness (QED) is 0.632. The third kappa shape index (κ3) is 3.42. The van der Waals surface area contributed by atoms with Crippen LogP contribution in [0.15, 0.2) is 29.2 Å². The SMILES string of the molecule is Cc1ccc([S+](C2CCCCC2)C2CCCCC2)cc1. The van der Waals surface area contributed by atoms with Gasteiger partial charge in [0.15, 0.2) is 4.90 Å². The average molecular weight is 290 g/mol. The maximum atomic E-state index is 2.45. The molecule has 0 amide bonds. The first-order chi connectivity index (χ1) is 9.84. The zero-order chi connectivity index (χ0) is 13.8. The largest absolute Gasteiger partial charge is 0.155 e. The molecule has 0 radical (unpaired) electrons. The third-order valence-electron chi connectivity index (χ3n) is 5.12. The normalized spacial score (nSPS) is 22.3. The highest BCUT2D eigenvalue weighted by atomic mass is 32.2. The Morgan fingerprint density at radius 2 is 1.15 bits per heavy atom. The lowest BCUT2D eigenvalue weighted by molar-refractivity contribution is 0.488. The van der Waals surface area contributed by atoms with E-state index >= 15 is 0 Å². The first-order valence-electron chi connectivity index (χ1n) is 8.63. The summed E-state index contributed by atoms with van der Waals surface area (Å²) in [5, 5.41) is 1.99. The first-order valence-corrected chi connectivity index (χ1v) is 9.98. The first kappa shape index (κ1) is 14.5. The van der Waals surface area contributed by atoms with Crippen LogP contribution in [-0.2, 0) is 10.9 Å². The number of aryl methyl sites for hydroxylation is 1. The van der Waals surface area contributed by atoms with Crippen LogP contribution < -0.4 is 0 Å². The maximum Gasteiger partial charge on any atom is 0.155 e. The van der Waals surface area contributed by atoms with E-state index in [1.165, 1.54) is 69.8 Å². The van der Waals surface area contributed by atoms with E-state index in [9.17, 15) is 0 Å². The zero-order valence-corrected chi connectivity index (χ0v) is 13.8. The topological polar surface area (TPSA) is 0 Å². The van der Waals surface area contributed by atoms with Crippen molar-refractivity contribution in [2.45, 2.75) is 86.5 Å². The van der Waals surface area contributed by atoms with Gasteiger partial charge in [0.2, 0.25) is 0 Å². The standard InChI is InChI=1S/C19H29S/c1-16-12-14-19(15-13-16)20(17-8-4-2-5-9-17)18-10-6-3-7-11-18/h12-15,17-18H,2-11H2,1H3/q+1. The Morgan fingerprint density at radius 1 is 0.700 bits per heavy atom. The molecule has 0 N–H and O–H groups in total. The summed E-state index contributed by atoms with van der Waals surface area (Å²) in [4.78, 5) is 1.68. The molecule has 2 fully saturated rings. The minimum atomic E-state index is 0.531. The van der Waals surface area contributed by atoms with Crippen LogP contribution >= 0.6 is 0 Å². The number of benzene rings is 1. The van der Waals surface area contributed by atoms with Crippen molar-refractivity contribution in [3.05, 3.63) is 29.8 Å². The molecular weight excluding hydrogens is 260 g/mol. The monoisotopic (exact) mass is 289 g/mol. The highest BCUT2D eigenvalue weighted by molar-refractivity contribution is 7.98. The summed E-state index contributed by atoms with van der Waals surface area (Å²) < 4.78 is 0. The molecule has 0 saturated heterocycles. The summed E-state index contributed by atoms with van der Waals surface area (Å²) in [6, 6.07) is 9.56. The molecule has 20 heavy (non-hydrogen) atoms. The summed E-state index contributed by atoms with van der Waals surface area (Å²) in [6.07, 6.45) is 14.8. The number of rotatable bonds is 3. The van der Waals surface area contributed by atoms with Gasteiger partial charge in [0.25, 0.3) is 0 Å². The molecule has 0 aromatic heterocycles. The van der Waals surface area contributed by atoms with Crippen molar-refractivity contribution in [1.29, 1.82) is 0 Å². The third-order valence-corrected chi connectivity index (χ3v) is 8.31. The smallest absolute Gasteiger partial charge is 0.0543 e. The highest BCUT2D eigenvalue weighted by Crippen LogP contribution is 2.38. The second-order valence-electron chi connectivity index (χ2n) is 6.70. The van der Waals surface area contributed by atoms with Crippen LogP contribution in [0, 0.1) is 6.92 Å². The molecule has 3 rings (SSSR count). The second kappa shape index (κ2) is 7.02. The Bertz CT molecular complexity index is 378. The highest BCUT2D eigenvalue weighted by Gasteiger charge is 2.41. The van der Waals surface area contributed by atoms with Gasteiger partial charge in [-0.1, -0.05) is 30.5 Å². The summed E-state index contributed by atoms with van der Waals surface area (Å²) in [6.45, 7) is 2.21. The molecule has 1 aromatic rings. The molecule has 0 atom stereocenters. The van der Waals surface area contributed by atoms with Gasteiger partial charge < -0.3 is 0 Å². The summed E-state index contributed by atoms with van der Waals surface area (Å²) in [5.74, 6) is 0. The van der Waals surface area contributed by atoms with E-state index in [2.05, 4.69) is 31.2 Å². The van der Waals surface area contributed by atoms with E-state index in [-0.39, 0.29) is 0 Å². The number of hydrogen-bond donors (Lipinski definition) is 0. The fraction of sp³-hybridized carbons (Fsp3) is 0.684. The van der Waals surface area contributed by atoms with Crippen LogP contribution in [0.2, 0.25) is 0 Å². The van der Waals surface area contributed by atoms with Crippen LogP contribution in [0.3, 0.4) is 0 Å².